The number of para-hydroxylation sites is 1. The predicted octanol–water partition coefficient (Wildman–Crippen LogP) is 4.08. The summed E-state index contributed by atoms with van der Waals surface area (Å²) in [4.78, 5) is 11.8. The summed E-state index contributed by atoms with van der Waals surface area (Å²) in [5.74, 6) is 1.55. The molecule has 1 aromatic rings. The molecule has 0 bridgehead atoms. The van der Waals surface area contributed by atoms with Gasteiger partial charge in [0, 0.05) is 12.1 Å². The van der Waals surface area contributed by atoms with Gasteiger partial charge in [-0.3, -0.25) is 4.79 Å². The molecule has 3 rings (SSSR count). The number of anilines is 1. The highest BCUT2D eigenvalue weighted by atomic mass is 16.1. The number of nitrogens with one attached hydrogen (secondary N) is 1. The van der Waals surface area contributed by atoms with Gasteiger partial charge in [-0.25, -0.2) is 0 Å². The lowest BCUT2D eigenvalue weighted by molar-refractivity contribution is -0.116. The van der Waals surface area contributed by atoms with E-state index in [1.807, 2.05) is 12.1 Å². The van der Waals surface area contributed by atoms with Crippen molar-refractivity contribution in [3.05, 3.63) is 29.8 Å². The van der Waals surface area contributed by atoms with E-state index in [0.717, 1.165) is 18.0 Å². The summed E-state index contributed by atoms with van der Waals surface area (Å²) >= 11 is 0. The van der Waals surface area contributed by atoms with Crippen LogP contribution in [0.3, 0.4) is 0 Å². The van der Waals surface area contributed by atoms with Crippen LogP contribution < -0.4 is 5.32 Å². The Bertz CT molecular complexity index is 434. The fraction of sp³-hybridized carbons (Fsp3) is 0.562. The molecule has 0 aromatic heterocycles. The fourth-order valence-corrected chi connectivity index (χ4v) is 3.62. The second kappa shape index (κ2) is 5.13. The van der Waals surface area contributed by atoms with E-state index in [4.69, 9.17) is 0 Å². The van der Waals surface area contributed by atoms with Crippen LogP contribution >= 0.6 is 0 Å². The Hall–Kier alpha value is -1.31. The number of hydrogen-bond acceptors (Lipinski definition) is 1. The molecular weight excluding hydrogens is 222 g/mol. The van der Waals surface area contributed by atoms with Crippen molar-refractivity contribution >= 4 is 11.6 Å². The van der Waals surface area contributed by atoms with Crippen molar-refractivity contribution < 1.29 is 4.79 Å². The van der Waals surface area contributed by atoms with E-state index in [2.05, 4.69) is 17.4 Å². The summed E-state index contributed by atoms with van der Waals surface area (Å²) < 4.78 is 0. The standard InChI is InChI=1S/C16H21NO/c18-16-11-10-13(12-6-2-1-3-7-12)14-8-4-5-9-15(14)17-16/h4-5,8-9,12-13H,1-3,6-7,10-11H2,(H,17,18). The van der Waals surface area contributed by atoms with Gasteiger partial charge in [-0.1, -0.05) is 37.5 Å². The first-order valence-electron chi connectivity index (χ1n) is 7.23. The van der Waals surface area contributed by atoms with Crippen LogP contribution in [-0.4, -0.2) is 5.91 Å². The molecular formula is C16H21NO. The van der Waals surface area contributed by atoms with E-state index in [9.17, 15) is 4.79 Å². The first-order chi connectivity index (χ1) is 8.84. The molecule has 2 nitrogen and oxygen atoms in total. The fourth-order valence-electron chi connectivity index (χ4n) is 3.62. The van der Waals surface area contributed by atoms with E-state index in [1.165, 1.54) is 37.7 Å². The molecule has 1 fully saturated rings. The first-order valence-corrected chi connectivity index (χ1v) is 7.23. The van der Waals surface area contributed by atoms with Gasteiger partial charge in [-0.15, -0.1) is 0 Å². The zero-order valence-corrected chi connectivity index (χ0v) is 10.8. The van der Waals surface area contributed by atoms with E-state index < -0.39 is 0 Å². The quantitative estimate of drug-likeness (QED) is 0.791. The Morgan fingerprint density at radius 3 is 2.61 bits per heavy atom. The van der Waals surface area contributed by atoms with Crippen LogP contribution in [-0.2, 0) is 4.79 Å². The Morgan fingerprint density at radius 2 is 1.78 bits per heavy atom. The normalized spacial score (nSPS) is 25.1. The molecule has 1 N–H and O–H groups in total. The van der Waals surface area contributed by atoms with Crippen LogP contribution in [0.25, 0.3) is 0 Å². The lowest BCUT2D eigenvalue weighted by atomic mass is 9.75. The van der Waals surface area contributed by atoms with Gasteiger partial charge < -0.3 is 5.32 Å². The molecule has 2 aliphatic rings. The van der Waals surface area contributed by atoms with Crippen molar-refractivity contribution in [1.29, 1.82) is 0 Å². The maximum atomic E-state index is 11.8. The largest absolute Gasteiger partial charge is 0.326 e. The number of amides is 1. The molecule has 1 amide bonds. The van der Waals surface area contributed by atoms with Crippen molar-refractivity contribution in [3.63, 3.8) is 0 Å². The van der Waals surface area contributed by atoms with Crippen molar-refractivity contribution in [3.8, 4) is 0 Å². The highest BCUT2D eigenvalue weighted by Crippen LogP contribution is 2.42. The molecule has 1 aliphatic heterocycles. The highest BCUT2D eigenvalue weighted by molar-refractivity contribution is 5.92. The van der Waals surface area contributed by atoms with Crippen LogP contribution in [0, 0.1) is 5.92 Å². The summed E-state index contributed by atoms with van der Waals surface area (Å²) in [6, 6.07) is 8.38. The predicted molar refractivity (Wildman–Crippen MR) is 73.6 cm³/mol. The second-order valence-corrected chi connectivity index (χ2v) is 5.68. The summed E-state index contributed by atoms with van der Waals surface area (Å²) in [5.41, 5.74) is 2.42. The van der Waals surface area contributed by atoms with Gasteiger partial charge in [-0.2, -0.15) is 0 Å². The Balaban J connectivity index is 1.91. The summed E-state index contributed by atoms with van der Waals surface area (Å²) in [5, 5.41) is 3.05. The molecule has 1 aliphatic carbocycles. The summed E-state index contributed by atoms with van der Waals surface area (Å²) in [6.07, 6.45) is 8.50. The molecule has 0 radical (unpaired) electrons. The summed E-state index contributed by atoms with van der Waals surface area (Å²) in [7, 11) is 0. The van der Waals surface area contributed by atoms with Crippen LogP contribution in [0.4, 0.5) is 5.69 Å². The van der Waals surface area contributed by atoms with Gasteiger partial charge in [0.2, 0.25) is 5.91 Å². The third kappa shape index (κ3) is 2.29. The topological polar surface area (TPSA) is 29.1 Å². The molecule has 1 unspecified atom stereocenters. The smallest absolute Gasteiger partial charge is 0.224 e. The SMILES string of the molecule is O=C1CCC(C2CCCCC2)c2ccccc2N1. The van der Waals surface area contributed by atoms with Gasteiger partial charge in [0.25, 0.3) is 0 Å². The van der Waals surface area contributed by atoms with Crippen molar-refractivity contribution in [2.75, 3.05) is 5.32 Å². The first kappa shape index (κ1) is 11.8. The van der Waals surface area contributed by atoms with E-state index >= 15 is 0 Å². The Morgan fingerprint density at radius 1 is 1.00 bits per heavy atom. The van der Waals surface area contributed by atoms with Crippen molar-refractivity contribution in [2.24, 2.45) is 5.92 Å². The van der Waals surface area contributed by atoms with Gasteiger partial charge in [0.1, 0.15) is 0 Å². The molecule has 1 atom stereocenters. The average molecular weight is 243 g/mol. The number of rotatable bonds is 1. The molecule has 96 valence electrons. The highest BCUT2D eigenvalue weighted by Gasteiger charge is 2.29. The third-order valence-electron chi connectivity index (χ3n) is 4.54. The molecule has 0 spiro atoms. The maximum absolute atomic E-state index is 11.8. The van der Waals surface area contributed by atoms with E-state index in [0.29, 0.717) is 12.3 Å². The van der Waals surface area contributed by atoms with Crippen molar-refractivity contribution in [2.45, 2.75) is 50.9 Å². The molecule has 1 aromatic carbocycles. The van der Waals surface area contributed by atoms with Crippen molar-refractivity contribution in [1.82, 2.24) is 0 Å². The lowest BCUT2D eigenvalue weighted by Gasteiger charge is -2.30. The zero-order valence-electron chi connectivity index (χ0n) is 10.8. The van der Waals surface area contributed by atoms with Crippen LogP contribution in [0.5, 0.6) is 0 Å². The van der Waals surface area contributed by atoms with Crippen LogP contribution in [0.15, 0.2) is 24.3 Å². The minimum absolute atomic E-state index is 0.181. The zero-order chi connectivity index (χ0) is 12.4. The number of carbonyl (C=O) groups excluding carboxylic acids is 1. The lowest BCUT2D eigenvalue weighted by Crippen LogP contribution is -2.16. The summed E-state index contributed by atoms with van der Waals surface area (Å²) in [6.45, 7) is 0. The number of hydrogen-bond donors (Lipinski definition) is 1. The molecule has 2 heteroatoms. The van der Waals surface area contributed by atoms with E-state index in [-0.39, 0.29) is 5.91 Å². The Kier molecular flexibility index (Phi) is 3.35. The third-order valence-corrected chi connectivity index (χ3v) is 4.54. The van der Waals surface area contributed by atoms with Gasteiger partial charge in [0.05, 0.1) is 0 Å². The Labute approximate surface area is 109 Å². The molecule has 0 saturated heterocycles. The monoisotopic (exact) mass is 243 g/mol. The second-order valence-electron chi connectivity index (χ2n) is 5.68. The number of fused-ring (bicyclic) bond motifs is 1. The average Bonchev–Trinajstić information content (AvgIpc) is 2.58. The maximum Gasteiger partial charge on any atom is 0.224 e. The van der Waals surface area contributed by atoms with Gasteiger partial charge in [0.15, 0.2) is 0 Å². The number of carbonyl (C=O) groups is 1. The van der Waals surface area contributed by atoms with Gasteiger partial charge >= 0.3 is 0 Å². The molecule has 18 heavy (non-hydrogen) atoms. The van der Waals surface area contributed by atoms with Crippen LogP contribution in [0.2, 0.25) is 0 Å². The molecule has 1 saturated carbocycles. The number of benzene rings is 1. The minimum atomic E-state index is 0.181. The van der Waals surface area contributed by atoms with Crippen LogP contribution in [0.1, 0.15) is 56.4 Å². The minimum Gasteiger partial charge on any atom is -0.326 e. The van der Waals surface area contributed by atoms with E-state index in [1.54, 1.807) is 0 Å². The van der Waals surface area contributed by atoms with Gasteiger partial charge in [-0.05, 0) is 42.7 Å². The molecule has 1 heterocycles.